The molecule has 0 aliphatic carbocycles. The van der Waals surface area contributed by atoms with Crippen LogP contribution in [0.1, 0.15) is 17.2 Å². The molecule has 7 heteroatoms. The summed E-state index contributed by atoms with van der Waals surface area (Å²) in [5.74, 6) is -0.916. The van der Waals surface area contributed by atoms with Crippen molar-refractivity contribution in [2.24, 2.45) is 0 Å². The minimum absolute atomic E-state index is 0.00930. The predicted octanol–water partition coefficient (Wildman–Crippen LogP) is 2.30. The topological polar surface area (TPSA) is 70.1 Å². The van der Waals surface area contributed by atoms with Crippen LogP contribution in [0, 0.1) is 5.82 Å². The highest BCUT2D eigenvalue weighted by Crippen LogP contribution is 2.26. The van der Waals surface area contributed by atoms with Gasteiger partial charge in [-0.3, -0.25) is 14.5 Å². The number of carboxylic acid groups (broad SMARTS) is 1. The lowest BCUT2D eigenvalue weighted by Crippen LogP contribution is -2.52. The fourth-order valence-corrected chi connectivity index (χ4v) is 3.25. The minimum Gasteiger partial charge on any atom is -0.497 e. The second-order valence-electron chi connectivity index (χ2n) is 6.43. The number of halogens is 1. The van der Waals surface area contributed by atoms with Crippen LogP contribution in [-0.4, -0.2) is 53.5 Å². The van der Waals surface area contributed by atoms with E-state index >= 15 is 0 Å². The molecule has 6 nitrogen and oxygen atoms in total. The Bertz CT molecular complexity index is 825. The Morgan fingerprint density at radius 3 is 2.59 bits per heavy atom. The summed E-state index contributed by atoms with van der Waals surface area (Å²) in [7, 11) is 1.52. The van der Waals surface area contributed by atoms with Gasteiger partial charge in [-0.1, -0.05) is 24.3 Å². The predicted molar refractivity (Wildman–Crippen MR) is 96.8 cm³/mol. The van der Waals surface area contributed by atoms with Crippen molar-refractivity contribution in [2.75, 3.05) is 26.7 Å². The molecule has 1 fully saturated rings. The van der Waals surface area contributed by atoms with Crippen LogP contribution in [0.2, 0.25) is 0 Å². The first-order valence-electron chi connectivity index (χ1n) is 8.61. The number of hydrogen-bond donors (Lipinski definition) is 1. The van der Waals surface area contributed by atoms with Gasteiger partial charge >= 0.3 is 5.97 Å². The zero-order chi connectivity index (χ0) is 19.4. The molecule has 1 amide bonds. The first-order chi connectivity index (χ1) is 13.0. The molecule has 1 aliphatic heterocycles. The molecule has 0 spiro atoms. The maximum atomic E-state index is 13.0. The third-order valence-corrected chi connectivity index (χ3v) is 4.64. The van der Waals surface area contributed by atoms with Crippen LogP contribution in [0.5, 0.6) is 5.75 Å². The van der Waals surface area contributed by atoms with Crippen LogP contribution in [0.3, 0.4) is 0 Å². The Balaban J connectivity index is 1.71. The number of amides is 1. The van der Waals surface area contributed by atoms with Crippen molar-refractivity contribution in [3.05, 3.63) is 65.5 Å². The number of benzene rings is 2. The number of carbonyl (C=O) groups excluding carboxylic acids is 1. The molecule has 2 aromatic rings. The zero-order valence-corrected chi connectivity index (χ0v) is 15.0. The number of ether oxygens (including phenoxy) is 1. The minimum atomic E-state index is -1.01. The normalized spacial score (nSPS) is 16.2. The van der Waals surface area contributed by atoms with Crippen LogP contribution in [0.4, 0.5) is 4.39 Å². The lowest BCUT2D eigenvalue weighted by molar-refractivity contribution is -0.148. The van der Waals surface area contributed by atoms with Gasteiger partial charge in [0.15, 0.2) is 0 Å². The van der Waals surface area contributed by atoms with Crippen molar-refractivity contribution in [3.63, 3.8) is 0 Å². The van der Waals surface area contributed by atoms with Gasteiger partial charge in [0.2, 0.25) is 5.91 Å². The molecule has 0 radical (unpaired) electrons. The van der Waals surface area contributed by atoms with Gasteiger partial charge in [-0.05, 0) is 35.4 Å². The third kappa shape index (κ3) is 4.43. The molecule has 1 aliphatic rings. The number of methoxy groups -OCH3 is 1. The fourth-order valence-electron chi connectivity index (χ4n) is 3.25. The lowest BCUT2D eigenvalue weighted by atomic mass is 10.0. The largest absolute Gasteiger partial charge is 0.497 e. The maximum Gasteiger partial charge on any atom is 0.325 e. The van der Waals surface area contributed by atoms with Gasteiger partial charge < -0.3 is 14.7 Å². The third-order valence-electron chi connectivity index (χ3n) is 4.64. The van der Waals surface area contributed by atoms with Gasteiger partial charge in [0.1, 0.15) is 17.6 Å². The van der Waals surface area contributed by atoms with Crippen LogP contribution in [-0.2, 0) is 16.1 Å². The Hall–Kier alpha value is -2.93. The van der Waals surface area contributed by atoms with Crippen LogP contribution in [0.25, 0.3) is 0 Å². The van der Waals surface area contributed by atoms with E-state index in [2.05, 4.69) is 0 Å². The lowest BCUT2D eigenvalue weighted by Gasteiger charge is -2.37. The maximum absolute atomic E-state index is 13.0. The monoisotopic (exact) mass is 372 g/mol. The average Bonchev–Trinajstić information content (AvgIpc) is 2.65. The molecule has 0 saturated carbocycles. The number of piperazine rings is 1. The second-order valence-corrected chi connectivity index (χ2v) is 6.43. The summed E-state index contributed by atoms with van der Waals surface area (Å²) in [5.41, 5.74) is 1.41. The van der Waals surface area contributed by atoms with E-state index in [0.717, 1.165) is 5.56 Å². The molecule has 1 unspecified atom stereocenters. The molecule has 1 N–H and O–H groups in total. The van der Waals surface area contributed by atoms with E-state index in [1.54, 1.807) is 46.2 Å². The first kappa shape index (κ1) is 18.8. The summed E-state index contributed by atoms with van der Waals surface area (Å²) < 4.78 is 18.2. The number of rotatable bonds is 6. The number of hydrogen-bond acceptors (Lipinski definition) is 4. The van der Waals surface area contributed by atoms with Crippen molar-refractivity contribution in [2.45, 2.75) is 12.6 Å². The van der Waals surface area contributed by atoms with Gasteiger partial charge in [0, 0.05) is 19.6 Å². The molecule has 0 aromatic heterocycles. The molecular formula is C20H21FN2O4. The van der Waals surface area contributed by atoms with Crippen LogP contribution in [0.15, 0.2) is 48.5 Å². The number of carbonyl (C=O) groups is 2. The van der Waals surface area contributed by atoms with Crippen molar-refractivity contribution < 1.29 is 23.8 Å². The fraction of sp³-hybridized carbons (Fsp3) is 0.300. The van der Waals surface area contributed by atoms with Gasteiger partial charge in [0.05, 0.1) is 13.7 Å². The average molecular weight is 372 g/mol. The van der Waals surface area contributed by atoms with Gasteiger partial charge in [0.25, 0.3) is 0 Å². The standard InChI is InChI=1S/C20H21FN2O4/c1-27-17-4-2-3-15(11-17)19(20(25)26)23-10-9-22(18(24)13-23)12-14-5-7-16(21)8-6-14/h2-8,11,19H,9-10,12-13H2,1H3,(H,25,26). The summed E-state index contributed by atoms with van der Waals surface area (Å²) in [6, 6.07) is 12.0. The van der Waals surface area contributed by atoms with Crippen LogP contribution >= 0.6 is 0 Å². The summed E-state index contributed by atoms with van der Waals surface area (Å²) in [6.45, 7) is 1.23. The van der Waals surface area contributed by atoms with E-state index in [1.165, 1.54) is 19.2 Å². The summed E-state index contributed by atoms with van der Waals surface area (Å²) in [6.07, 6.45) is 0. The molecular weight excluding hydrogens is 351 g/mol. The molecule has 0 bridgehead atoms. The van der Waals surface area contributed by atoms with Crippen molar-refractivity contribution in [3.8, 4) is 5.75 Å². The van der Waals surface area contributed by atoms with Gasteiger partial charge in [-0.15, -0.1) is 0 Å². The highest BCUT2D eigenvalue weighted by molar-refractivity contribution is 5.81. The molecule has 1 atom stereocenters. The highest BCUT2D eigenvalue weighted by atomic mass is 19.1. The van der Waals surface area contributed by atoms with E-state index in [4.69, 9.17) is 4.74 Å². The van der Waals surface area contributed by atoms with E-state index < -0.39 is 12.0 Å². The summed E-state index contributed by atoms with van der Waals surface area (Å²) >= 11 is 0. The van der Waals surface area contributed by atoms with Crippen molar-refractivity contribution in [1.29, 1.82) is 0 Å². The van der Waals surface area contributed by atoms with Crippen molar-refractivity contribution in [1.82, 2.24) is 9.80 Å². The van der Waals surface area contributed by atoms with Crippen LogP contribution < -0.4 is 4.74 Å². The number of carboxylic acids is 1. The Kier molecular flexibility index (Phi) is 5.71. The molecule has 2 aromatic carbocycles. The van der Waals surface area contributed by atoms with E-state index in [-0.39, 0.29) is 18.3 Å². The molecule has 1 heterocycles. The Labute approximate surface area is 156 Å². The van der Waals surface area contributed by atoms with E-state index in [0.29, 0.717) is 30.9 Å². The van der Waals surface area contributed by atoms with E-state index in [1.807, 2.05) is 0 Å². The quantitative estimate of drug-likeness (QED) is 0.843. The molecule has 3 rings (SSSR count). The Morgan fingerprint density at radius 1 is 1.22 bits per heavy atom. The van der Waals surface area contributed by atoms with Gasteiger partial charge in [-0.2, -0.15) is 0 Å². The van der Waals surface area contributed by atoms with E-state index in [9.17, 15) is 19.1 Å². The smallest absolute Gasteiger partial charge is 0.325 e. The Morgan fingerprint density at radius 2 is 1.96 bits per heavy atom. The summed E-state index contributed by atoms with van der Waals surface area (Å²) in [4.78, 5) is 27.7. The highest BCUT2D eigenvalue weighted by Gasteiger charge is 2.33. The SMILES string of the molecule is COc1cccc(C(C(=O)O)N2CCN(Cc3ccc(F)cc3)C(=O)C2)c1. The summed E-state index contributed by atoms with van der Waals surface area (Å²) in [5, 5.41) is 9.71. The molecule has 27 heavy (non-hydrogen) atoms. The second kappa shape index (κ2) is 8.18. The number of aliphatic carboxylic acids is 1. The van der Waals surface area contributed by atoms with Crippen molar-refractivity contribution >= 4 is 11.9 Å². The molecule has 142 valence electrons. The van der Waals surface area contributed by atoms with Gasteiger partial charge in [-0.25, -0.2) is 4.39 Å². The number of nitrogens with zero attached hydrogens (tertiary/aromatic N) is 2. The first-order valence-corrected chi connectivity index (χ1v) is 8.61. The zero-order valence-electron chi connectivity index (χ0n) is 15.0. The molecule has 1 saturated heterocycles.